The molecular weight excluding hydrogens is 394 g/mol. The van der Waals surface area contributed by atoms with Gasteiger partial charge in [-0.3, -0.25) is 14.5 Å². The van der Waals surface area contributed by atoms with Crippen LogP contribution < -0.4 is 0 Å². The third-order valence-corrected chi connectivity index (χ3v) is 6.30. The van der Waals surface area contributed by atoms with E-state index >= 15 is 0 Å². The molecular formula is C24H19N3O2S. The molecule has 1 saturated heterocycles. The molecule has 2 amide bonds. The van der Waals surface area contributed by atoms with Crippen LogP contribution in [0.15, 0.2) is 65.7 Å². The summed E-state index contributed by atoms with van der Waals surface area (Å²) in [6.07, 6.45) is 0.113. The van der Waals surface area contributed by atoms with Crippen molar-refractivity contribution in [1.82, 2.24) is 9.88 Å². The Morgan fingerprint density at radius 1 is 1.07 bits per heavy atom. The van der Waals surface area contributed by atoms with Crippen molar-refractivity contribution < 1.29 is 9.59 Å². The second-order valence-corrected chi connectivity index (χ2v) is 8.37. The first-order valence-electron chi connectivity index (χ1n) is 9.52. The van der Waals surface area contributed by atoms with Crippen LogP contribution in [0.4, 0.5) is 0 Å². The molecule has 1 aliphatic heterocycles. The van der Waals surface area contributed by atoms with Crippen LogP contribution in [0, 0.1) is 18.3 Å². The maximum absolute atomic E-state index is 12.4. The molecule has 0 radical (unpaired) electrons. The minimum absolute atomic E-state index is 0.113. The molecule has 0 spiro atoms. The number of rotatable bonds is 4. The molecule has 0 saturated carbocycles. The summed E-state index contributed by atoms with van der Waals surface area (Å²) in [6.45, 7) is 2.01. The number of hydrogen-bond acceptors (Lipinski definition) is 5. The molecule has 1 unspecified atom stereocenters. The van der Waals surface area contributed by atoms with Crippen molar-refractivity contribution in [3.8, 4) is 28.5 Å². The van der Waals surface area contributed by atoms with Gasteiger partial charge < -0.3 is 0 Å². The van der Waals surface area contributed by atoms with Crippen molar-refractivity contribution in [3.05, 3.63) is 71.8 Å². The van der Waals surface area contributed by atoms with E-state index in [9.17, 15) is 14.9 Å². The van der Waals surface area contributed by atoms with Gasteiger partial charge in [-0.15, -0.1) is 0 Å². The standard InChI is InChI=1S/C24H19N3O2S/c1-15-8-10-16(11-9-15)18-12-20(17-6-4-3-5-7-17)26-23(19(18)14-25)30-21-13-22(28)27(2)24(21)29/h3-12,21H,13H2,1-2H3. The fourth-order valence-corrected chi connectivity index (χ4v) is 4.56. The van der Waals surface area contributed by atoms with E-state index in [-0.39, 0.29) is 18.2 Å². The zero-order valence-corrected chi connectivity index (χ0v) is 17.4. The summed E-state index contributed by atoms with van der Waals surface area (Å²) in [5, 5.41) is 9.85. The quantitative estimate of drug-likeness (QED) is 0.591. The zero-order valence-electron chi connectivity index (χ0n) is 16.6. The summed E-state index contributed by atoms with van der Waals surface area (Å²) in [5.74, 6) is -0.466. The van der Waals surface area contributed by atoms with Gasteiger partial charge in [0.05, 0.1) is 16.5 Å². The normalized spacial score (nSPS) is 16.0. The van der Waals surface area contributed by atoms with E-state index < -0.39 is 5.25 Å². The Labute approximate surface area is 179 Å². The number of imide groups is 1. The Hall–Kier alpha value is -3.43. The summed E-state index contributed by atoms with van der Waals surface area (Å²) in [6, 6.07) is 21.9. The Morgan fingerprint density at radius 2 is 1.77 bits per heavy atom. The molecule has 3 aromatic rings. The number of nitrogens with zero attached hydrogens (tertiary/aromatic N) is 3. The molecule has 1 aromatic heterocycles. The highest BCUT2D eigenvalue weighted by Crippen LogP contribution is 2.38. The molecule has 2 aromatic carbocycles. The number of benzene rings is 2. The van der Waals surface area contributed by atoms with Gasteiger partial charge in [0.25, 0.3) is 0 Å². The van der Waals surface area contributed by atoms with Crippen LogP contribution in [0.5, 0.6) is 0 Å². The maximum atomic E-state index is 12.4. The summed E-state index contributed by atoms with van der Waals surface area (Å²) < 4.78 is 0. The topological polar surface area (TPSA) is 74.1 Å². The van der Waals surface area contributed by atoms with Crippen LogP contribution in [-0.4, -0.2) is 34.0 Å². The lowest BCUT2D eigenvalue weighted by Crippen LogP contribution is -2.26. The van der Waals surface area contributed by atoms with E-state index in [0.29, 0.717) is 10.6 Å². The van der Waals surface area contributed by atoms with Crippen molar-refractivity contribution in [2.75, 3.05) is 7.05 Å². The molecule has 148 valence electrons. The van der Waals surface area contributed by atoms with E-state index in [0.717, 1.165) is 32.8 Å². The number of aromatic nitrogens is 1. The van der Waals surface area contributed by atoms with E-state index in [1.54, 1.807) is 0 Å². The van der Waals surface area contributed by atoms with Gasteiger partial charge in [0, 0.05) is 24.6 Å². The third-order valence-electron chi connectivity index (χ3n) is 5.12. The summed E-state index contributed by atoms with van der Waals surface area (Å²) in [7, 11) is 1.49. The van der Waals surface area contributed by atoms with Crippen LogP contribution in [0.3, 0.4) is 0 Å². The minimum atomic E-state index is -0.570. The number of amides is 2. The minimum Gasteiger partial charge on any atom is -0.285 e. The van der Waals surface area contributed by atoms with Crippen molar-refractivity contribution in [1.29, 1.82) is 5.26 Å². The smallest absolute Gasteiger partial charge is 0.242 e. The molecule has 0 aliphatic carbocycles. The van der Waals surface area contributed by atoms with Gasteiger partial charge in [-0.05, 0) is 18.6 Å². The number of hydrogen-bond donors (Lipinski definition) is 0. The van der Waals surface area contributed by atoms with E-state index in [1.807, 2.05) is 67.6 Å². The Balaban J connectivity index is 1.86. The molecule has 1 atom stereocenters. The van der Waals surface area contributed by atoms with E-state index in [2.05, 4.69) is 6.07 Å². The number of carbonyl (C=O) groups excluding carboxylic acids is 2. The fraction of sp³-hybridized carbons (Fsp3) is 0.167. The molecule has 0 N–H and O–H groups in total. The number of aryl methyl sites for hydroxylation is 1. The maximum Gasteiger partial charge on any atom is 0.242 e. The van der Waals surface area contributed by atoms with Gasteiger partial charge >= 0.3 is 0 Å². The van der Waals surface area contributed by atoms with Crippen LogP contribution >= 0.6 is 11.8 Å². The molecule has 5 nitrogen and oxygen atoms in total. The average Bonchev–Trinajstić information content (AvgIpc) is 3.01. The summed E-state index contributed by atoms with van der Waals surface area (Å²) in [4.78, 5) is 30.3. The number of likely N-dealkylation sites (tertiary alicyclic amines) is 1. The molecule has 0 bridgehead atoms. The monoisotopic (exact) mass is 413 g/mol. The fourth-order valence-electron chi connectivity index (χ4n) is 3.38. The van der Waals surface area contributed by atoms with Crippen molar-refractivity contribution in [2.24, 2.45) is 0 Å². The van der Waals surface area contributed by atoms with Crippen LogP contribution in [-0.2, 0) is 9.59 Å². The van der Waals surface area contributed by atoms with Gasteiger partial charge in [-0.25, -0.2) is 4.98 Å². The summed E-state index contributed by atoms with van der Waals surface area (Å²) in [5.41, 5.74) is 4.85. The molecule has 6 heteroatoms. The average molecular weight is 414 g/mol. The van der Waals surface area contributed by atoms with E-state index in [1.165, 1.54) is 18.8 Å². The molecule has 1 aliphatic rings. The predicted octanol–water partition coefficient (Wildman–Crippen LogP) is 4.45. The molecule has 30 heavy (non-hydrogen) atoms. The number of carbonyl (C=O) groups is 2. The zero-order chi connectivity index (χ0) is 21.3. The second-order valence-electron chi connectivity index (χ2n) is 7.18. The number of pyridine rings is 1. The largest absolute Gasteiger partial charge is 0.285 e. The lowest BCUT2D eigenvalue weighted by atomic mass is 9.98. The predicted molar refractivity (Wildman–Crippen MR) is 117 cm³/mol. The first-order valence-corrected chi connectivity index (χ1v) is 10.4. The highest BCUT2D eigenvalue weighted by molar-refractivity contribution is 8.00. The first-order chi connectivity index (χ1) is 14.5. The highest BCUT2D eigenvalue weighted by Gasteiger charge is 2.37. The number of nitriles is 1. The van der Waals surface area contributed by atoms with Crippen LogP contribution in [0.2, 0.25) is 0 Å². The Kier molecular flexibility index (Phi) is 5.39. The van der Waals surface area contributed by atoms with E-state index in [4.69, 9.17) is 4.98 Å². The highest BCUT2D eigenvalue weighted by atomic mass is 32.2. The van der Waals surface area contributed by atoms with Gasteiger partial charge in [-0.2, -0.15) is 5.26 Å². The molecule has 2 heterocycles. The Bertz CT molecular complexity index is 1170. The summed E-state index contributed by atoms with van der Waals surface area (Å²) >= 11 is 1.19. The van der Waals surface area contributed by atoms with Crippen molar-refractivity contribution in [3.63, 3.8) is 0 Å². The third kappa shape index (κ3) is 3.72. The van der Waals surface area contributed by atoms with Crippen molar-refractivity contribution >= 4 is 23.6 Å². The lowest BCUT2D eigenvalue weighted by molar-refractivity contribution is -0.136. The lowest BCUT2D eigenvalue weighted by Gasteiger charge is -2.14. The molecule has 1 fully saturated rings. The van der Waals surface area contributed by atoms with Crippen LogP contribution in [0.1, 0.15) is 17.5 Å². The molecule has 4 rings (SSSR count). The SMILES string of the molecule is Cc1ccc(-c2cc(-c3ccccc3)nc(SC3CC(=O)N(C)C3=O)c2C#N)cc1. The van der Waals surface area contributed by atoms with Gasteiger partial charge in [0.1, 0.15) is 11.1 Å². The van der Waals surface area contributed by atoms with Gasteiger partial charge in [0.2, 0.25) is 11.8 Å². The first kappa shape index (κ1) is 19.9. The van der Waals surface area contributed by atoms with Crippen molar-refractivity contribution in [2.45, 2.75) is 23.6 Å². The van der Waals surface area contributed by atoms with Gasteiger partial charge in [0.15, 0.2) is 0 Å². The second kappa shape index (κ2) is 8.13. The van der Waals surface area contributed by atoms with Crippen LogP contribution in [0.25, 0.3) is 22.4 Å². The Morgan fingerprint density at radius 3 is 2.37 bits per heavy atom. The number of thioether (sulfide) groups is 1. The van der Waals surface area contributed by atoms with Gasteiger partial charge in [-0.1, -0.05) is 71.9 Å².